The van der Waals surface area contributed by atoms with Crippen molar-refractivity contribution in [2.24, 2.45) is 0 Å². The Morgan fingerprint density at radius 1 is 1.11 bits per heavy atom. The maximum absolute atomic E-state index is 13.8. The van der Waals surface area contributed by atoms with Gasteiger partial charge in [-0.2, -0.15) is 0 Å². The normalized spacial score (nSPS) is 10.4. The van der Waals surface area contributed by atoms with Gasteiger partial charge in [0.05, 0.1) is 5.69 Å². The number of aryl methyl sites for hydroxylation is 1. The quantitative estimate of drug-likeness (QED) is 0.819. The van der Waals surface area contributed by atoms with Gasteiger partial charge in [-0.25, -0.2) is 13.8 Å². The van der Waals surface area contributed by atoms with Crippen molar-refractivity contribution in [2.45, 2.75) is 20.3 Å². The van der Waals surface area contributed by atoms with Crippen LogP contribution in [0.15, 0.2) is 30.3 Å². The molecular weight excluding hydrogens is 236 g/mol. The molecule has 0 bridgehead atoms. The molecule has 1 heterocycles. The molecule has 2 aromatic rings. The molecule has 2 rings (SSSR count). The van der Waals surface area contributed by atoms with Gasteiger partial charge in [0, 0.05) is 5.56 Å². The smallest absolute Gasteiger partial charge is 0.256 e. The number of para-hydroxylation sites is 1. The van der Waals surface area contributed by atoms with Gasteiger partial charge in [-0.3, -0.25) is 0 Å². The van der Waals surface area contributed by atoms with E-state index in [0.29, 0.717) is 12.2 Å². The molecule has 0 aliphatic heterocycles. The van der Waals surface area contributed by atoms with E-state index in [1.165, 1.54) is 6.92 Å². The van der Waals surface area contributed by atoms with Crippen molar-refractivity contribution in [1.82, 2.24) is 4.98 Å². The van der Waals surface area contributed by atoms with E-state index < -0.39 is 11.6 Å². The lowest BCUT2D eigenvalue weighted by Gasteiger charge is -2.10. The molecule has 1 aromatic heterocycles. The van der Waals surface area contributed by atoms with Crippen molar-refractivity contribution >= 4 is 0 Å². The van der Waals surface area contributed by atoms with Crippen LogP contribution in [0, 0.1) is 18.6 Å². The van der Waals surface area contributed by atoms with Gasteiger partial charge >= 0.3 is 0 Å². The fraction of sp³-hybridized carbons (Fsp3) is 0.214. The van der Waals surface area contributed by atoms with Crippen LogP contribution in [0.5, 0.6) is 11.6 Å². The van der Waals surface area contributed by atoms with E-state index in [1.807, 2.05) is 6.07 Å². The van der Waals surface area contributed by atoms with Crippen LogP contribution >= 0.6 is 0 Å². The molecule has 0 atom stereocenters. The first-order chi connectivity index (χ1) is 8.63. The summed E-state index contributed by atoms with van der Waals surface area (Å²) in [6, 6.07) is 8.73. The van der Waals surface area contributed by atoms with Crippen LogP contribution in [0.25, 0.3) is 0 Å². The van der Waals surface area contributed by atoms with Crippen molar-refractivity contribution in [3.8, 4) is 11.6 Å². The summed E-state index contributed by atoms with van der Waals surface area (Å²) in [6.07, 6.45) is 0.387. The van der Waals surface area contributed by atoms with Crippen LogP contribution in [-0.4, -0.2) is 4.98 Å². The Bertz CT molecular complexity index is 555. The highest BCUT2D eigenvalue weighted by molar-refractivity contribution is 5.32. The molecule has 0 radical (unpaired) electrons. The summed E-state index contributed by atoms with van der Waals surface area (Å²) in [5.41, 5.74) is 0.146. The molecule has 0 N–H and O–H groups in total. The van der Waals surface area contributed by atoms with E-state index in [1.54, 1.807) is 31.2 Å². The van der Waals surface area contributed by atoms with Gasteiger partial charge in [-0.15, -0.1) is 0 Å². The largest absolute Gasteiger partial charge is 0.436 e. The first-order valence-corrected chi connectivity index (χ1v) is 5.70. The summed E-state index contributed by atoms with van der Waals surface area (Å²) in [6.45, 7) is 3.14. The van der Waals surface area contributed by atoms with Gasteiger partial charge in [0.2, 0.25) is 0 Å². The number of rotatable bonds is 3. The molecule has 1 aromatic carbocycles. The molecule has 0 fully saturated rings. The van der Waals surface area contributed by atoms with Crippen LogP contribution in [0.1, 0.15) is 18.2 Å². The Morgan fingerprint density at radius 3 is 2.39 bits per heavy atom. The third-order valence-electron chi connectivity index (χ3n) is 2.63. The average Bonchev–Trinajstić information content (AvgIpc) is 2.40. The van der Waals surface area contributed by atoms with E-state index in [9.17, 15) is 8.78 Å². The molecule has 0 unspecified atom stereocenters. The fourth-order valence-corrected chi connectivity index (χ4v) is 1.60. The minimum Gasteiger partial charge on any atom is -0.436 e. The molecule has 94 valence electrons. The Balaban J connectivity index is 2.42. The first kappa shape index (κ1) is 12.5. The summed E-state index contributed by atoms with van der Waals surface area (Å²) in [5.74, 6) is -1.07. The number of hydrogen-bond donors (Lipinski definition) is 0. The molecule has 4 heteroatoms. The van der Waals surface area contributed by atoms with Crippen molar-refractivity contribution in [1.29, 1.82) is 0 Å². The molecule has 18 heavy (non-hydrogen) atoms. The monoisotopic (exact) mass is 249 g/mol. The third-order valence-corrected chi connectivity index (χ3v) is 2.63. The van der Waals surface area contributed by atoms with Crippen LogP contribution in [0.4, 0.5) is 8.78 Å². The summed E-state index contributed by atoms with van der Waals surface area (Å²) >= 11 is 0. The minimum absolute atomic E-state index is 0.0622. The van der Waals surface area contributed by atoms with Crippen molar-refractivity contribution in [3.05, 3.63) is 53.2 Å². The van der Waals surface area contributed by atoms with E-state index in [4.69, 9.17) is 4.74 Å². The van der Waals surface area contributed by atoms with Crippen LogP contribution < -0.4 is 4.74 Å². The van der Waals surface area contributed by atoms with Crippen LogP contribution in [0.2, 0.25) is 0 Å². The van der Waals surface area contributed by atoms with Gasteiger partial charge in [0.1, 0.15) is 5.75 Å². The maximum atomic E-state index is 13.8. The average molecular weight is 249 g/mol. The molecule has 0 spiro atoms. The van der Waals surface area contributed by atoms with E-state index >= 15 is 0 Å². The number of hydrogen-bond acceptors (Lipinski definition) is 2. The number of benzene rings is 1. The lowest BCUT2D eigenvalue weighted by molar-refractivity contribution is 0.409. The van der Waals surface area contributed by atoms with E-state index in [-0.39, 0.29) is 17.1 Å². The van der Waals surface area contributed by atoms with Crippen molar-refractivity contribution in [3.63, 3.8) is 0 Å². The minimum atomic E-state index is -0.756. The summed E-state index contributed by atoms with van der Waals surface area (Å²) in [5, 5.41) is 0. The highest BCUT2D eigenvalue weighted by Crippen LogP contribution is 2.27. The predicted octanol–water partition coefficient (Wildman–Crippen LogP) is 4.02. The zero-order valence-electron chi connectivity index (χ0n) is 10.2. The highest BCUT2D eigenvalue weighted by Gasteiger charge is 2.17. The number of nitrogens with zero attached hydrogens (tertiary/aromatic N) is 1. The second kappa shape index (κ2) is 5.12. The summed E-state index contributed by atoms with van der Waals surface area (Å²) in [4.78, 5) is 3.87. The van der Waals surface area contributed by atoms with Gasteiger partial charge < -0.3 is 4.74 Å². The zero-order chi connectivity index (χ0) is 13.1. The zero-order valence-corrected chi connectivity index (χ0v) is 10.2. The molecule has 0 saturated carbocycles. The highest BCUT2D eigenvalue weighted by atomic mass is 19.1. The molecule has 0 amide bonds. The number of ether oxygens (including phenoxy) is 1. The summed E-state index contributed by atoms with van der Waals surface area (Å²) < 4.78 is 32.8. The van der Waals surface area contributed by atoms with E-state index in [0.717, 1.165) is 0 Å². The lowest BCUT2D eigenvalue weighted by Crippen LogP contribution is -2.03. The van der Waals surface area contributed by atoms with E-state index in [2.05, 4.69) is 4.98 Å². The van der Waals surface area contributed by atoms with Crippen LogP contribution in [0.3, 0.4) is 0 Å². The second-order valence-electron chi connectivity index (χ2n) is 3.89. The van der Waals surface area contributed by atoms with Gasteiger partial charge in [0.15, 0.2) is 11.6 Å². The standard InChI is InChI=1S/C14H13F2NO/c1-3-11-12(15)9(2)13(16)14(17-11)18-10-7-5-4-6-8-10/h4-8H,3H2,1-2H3. The topological polar surface area (TPSA) is 22.1 Å². The molecule has 2 nitrogen and oxygen atoms in total. The summed E-state index contributed by atoms with van der Waals surface area (Å²) in [7, 11) is 0. The Hall–Kier alpha value is -1.97. The van der Waals surface area contributed by atoms with Gasteiger partial charge in [-0.05, 0) is 25.5 Å². The fourth-order valence-electron chi connectivity index (χ4n) is 1.60. The first-order valence-electron chi connectivity index (χ1n) is 5.70. The predicted molar refractivity (Wildman–Crippen MR) is 64.8 cm³/mol. The molecule has 0 saturated heterocycles. The molecule has 0 aliphatic carbocycles. The molecular formula is C14H13F2NO. The Kier molecular flexibility index (Phi) is 3.55. The maximum Gasteiger partial charge on any atom is 0.256 e. The van der Waals surface area contributed by atoms with Crippen molar-refractivity contribution in [2.75, 3.05) is 0 Å². The Labute approximate surface area is 104 Å². The molecule has 0 aliphatic rings. The third kappa shape index (κ3) is 2.32. The SMILES string of the molecule is CCc1nc(Oc2ccccc2)c(F)c(C)c1F. The van der Waals surface area contributed by atoms with Crippen LogP contribution in [-0.2, 0) is 6.42 Å². The Morgan fingerprint density at radius 2 is 1.78 bits per heavy atom. The van der Waals surface area contributed by atoms with Gasteiger partial charge in [0.25, 0.3) is 5.88 Å². The van der Waals surface area contributed by atoms with Crippen molar-refractivity contribution < 1.29 is 13.5 Å². The van der Waals surface area contributed by atoms with Gasteiger partial charge in [-0.1, -0.05) is 25.1 Å². The lowest BCUT2D eigenvalue weighted by atomic mass is 10.2. The second-order valence-corrected chi connectivity index (χ2v) is 3.89. The number of halogens is 2. The number of pyridine rings is 1. The number of aromatic nitrogens is 1.